The van der Waals surface area contributed by atoms with Gasteiger partial charge in [-0.05, 0) is 31.0 Å². The number of benzene rings is 1. The molecule has 0 saturated carbocycles. The highest BCUT2D eigenvalue weighted by atomic mass is 19.1. The predicted octanol–water partition coefficient (Wildman–Crippen LogP) is 1.73. The number of amides is 1. The van der Waals surface area contributed by atoms with Crippen LogP contribution in [0.25, 0.3) is 0 Å². The summed E-state index contributed by atoms with van der Waals surface area (Å²) in [5.41, 5.74) is 4.70. The highest BCUT2D eigenvalue weighted by Crippen LogP contribution is 2.35. The smallest absolute Gasteiger partial charge is 0.311 e. The molecule has 0 radical (unpaired) electrons. The second-order valence-corrected chi connectivity index (χ2v) is 5.16. The Balaban J connectivity index is 2.21. The zero-order valence-corrected chi connectivity index (χ0v) is 11.2. The Hall–Kier alpha value is -2.11. The lowest BCUT2D eigenvalue weighted by Crippen LogP contribution is -2.36. The number of carbonyl (C=O) groups excluding carboxylic acids is 1. The van der Waals surface area contributed by atoms with E-state index in [9.17, 15) is 19.1 Å². The average Bonchev–Trinajstić information content (AvgIpc) is 2.83. The van der Waals surface area contributed by atoms with Gasteiger partial charge in [-0.15, -0.1) is 0 Å². The van der Waals surface area contributed by atoms with Crippen LogP contribution in [-0.2, 0) is 4.79 Å². The SMILES string of the molecule is CCC1(C(=O)O)CCN(C(=O)c2ccc(N)cc2F)C1. The molecule has 0 spiro atoms. The van der Waals surface area contributed by atoms with Gasteiger partial charge in [0.25, 0.3) is 5.91 Å². The molecule has 5 nitrogen and oxygen atoms in total. The number of aliphatic carboxylic acids is 1. The summed E-state index contributed by atoms with van der Waals surface area (Å²) >= 11 is 0. The second-order valence-electron chi connectivity index (χ2n) is 5.16. The van der Waals surface area contributed by atoms with Crippen molar-refractivity contribution in [3.63, 3.8) is 0 Å². The minimum atomic E-state index is -0.917. The number of anilines is 1. The van der Waals surface area contributed by atoms with E-state index < -0.39 is 23.1 Å². The monoisotopic (exact) mass is 280 g/mol. The maximum Gasteiger partial charge on any atom is 0.311 e. The summed E-state index contributed by atoms with van der Waals surface area (Å²) in [5, 5.41) is 9.30. The van der Waals surface area contributed by atoms with Gasteiger partial charge < -0.3 is 15.7 Å². The van der Waals surface area contributed by atoms with Crippen molar-refractivity contribution in [2.24, 2.45) is 5.41 Å². The molecule has 20 heavy (non-hydrogen) atoms. The maximum absolute atomic E-state index is 13.7. The van der Waals surface area contributed by atoms with Crippen LogP contribution >= 0.6 is 0 Å². The van der Waals surface area contributed by atoms with Crippen molar-refractivity contribution in [2.45, 2.75) is 19.8 Å². The minimum absolute atomic E-state index is 0.0727. The van der Waals surface area contributed by atoms with Crippen LogP contribution in [0.4, 0.5) is 10.1 Å². The topological polar surface area (TPSA) is 83.6 Å². The number of hydrogen-bond donors (Lipinski definition) is 2. The van der Waals surface area contributed by atoms with Gasteiger partial charge in [-0.3, -0.25) is 9.59 Å². The van der Waals surface area contributed by atoms with E-state index in [0.717, 1.165) is 6.07 Å². The minimum Gasteiger partial charge on any atom is -0.481 e. The molecule has 1 unspecified atom stereocenters. The first-order valence-corrected chi connectivity index (χ1v) is 6.47. The van der Waals surface area contributed by atoms with Crippen LogP contribution in [0.15, 0.2) is 18.2 Å². The Morgan fingerprint density at radius 3 is 2.70 bits per heavy atom. The quantitative estimate of drug-likeness (QED) is 0.826. The van der Waals surface area contributed by atoms with Crippen LogP contribution in [0.1, 0.15) is 30.1 Å². The molecule has 1 fully saturated rings. The highest BCUT2D eigenvalue weighted by molar-refractivity contribution is 5.95. The lowest BCUT2D eigenvalue weighted by Gasteiger charge is -2.23. The first-order valence-electron chi connectivity index (χ1n) is 6.47. The number of nitrogens with zero attached hydrogens (tertiary/aromatic N) is 1. The fourth-order valence-electron chi connectivity index (χ4n) is 2.54. The molecule has 0 aliphatic carbocycles. The Kier molecular flexibility index (Phi) is 3.65. The first-order chi connectivity index (χ1) is 9.39. The van der Waals surface area contributed by atoms with Crippen LogP contribution in [0.5, 0.6) is 0 Å². The van der Waals surface area contributed by atoms with Crippen molar-refractivity contribution in [1.29, 1.82) is 0 Å². The molecule has 3 N–H and O–H groups in total. The molecular formula is C14H17FN2O3. The van der Waals surface area contributed by atoms with E-state index in [4.69, 9.17) is 5.73 Å². The van der Waals surface area contributed by atoms with Crippen molar-refractivity contribution < 1.29 is 19.1 Å². The number of nitrogens with two attached hydrogens (primary N) is 1. The van der Waals surface area contributed by atoms with Crippen LogP contribution in [0.3, 0.4) is 0 Å². The van der Waals surface area contributed by atoms with E-state index in [1.54, 1.807) is 6.92 Å². The van der Waals surface area contributed by atoms with Crippen LogP contribution in [-0.4, -0.2) is 35.0 Å². The summed E-state index contributed by atoms with van der Waals surface area (Å²) in [7, 11) is 0. The van der Waals surface area contributed by atoms with Crippen molar-refractivity contribution in [2.75, 3.05) is 18.8 Å². The number of nitrogen functional groups attached to an aromatic ring is 1. The molecule has 1 aliphatic rings. The number of likely N-dealkylation sites (tertiary alicyclic amines) is 1. The van der Waals surface area contributed by atoms with Gasteiger partial charge in [-0.25, -0.2) is 4.39 Å². The second kappa shape index (κ2) is 5.11. The molecule has 0 bridgehead atoms. The molecule has 1 aliphatic heterocycles. The summed E-state index contributed by atoms with van der Waals surface area (Å²) in [6, 6.07) is 3.88. The van der Waals surface area contributed by atoms with Crippen molar-refractivity contribution in [1.82, 2.24) is 4.90 Å². The van der Waals surface area contributed by atoms with E-state index in [1.807, 2.05) is 0 Å². The Morgan fingerprint density at radius 2 is 2.20 bits per heavy atom. The number of hydrogen-bond acceptors (Lipinski definition) is 3. The number of halogens is 1. The molecule has 1 aromatic rings. The molecule has 1 amide bonds. The molecule has 1 aromatic carbocycles. The van der Waals surface area contributed by atoms with E-state index in [-0.39, 0.29) is 17.8 Å². The van der Waals surface area contributed by atoms with Crippen LogP contribution in [0, 0.1) is 11.2 Å². The number of carbonyl (C=O) groups is 2. The van der Waals surface area contributed by atoms with Crippen LogP contribution in [0.2, 0.25) is 0 Å². The fraction of sp³-hybridized carbons (Fsp3) is 0.429. The molecule has 1 atom stereocenters. The van der Waals surface area contributed by atoms with Gasteiger partial charge in [0.1, 0.15) is 5.82 Å². The van der Waals surface area contributed by atoms with Gasteiger partial charge in [0.2, 0.25) is 0 Å². The van der Waals surface area contributed by atoms with Gasteiger partial charge in [0.05, 0.1) is 11.0 Å². The lowest BCUT2D eigenvalue weighted by atomic mass is 9.84. The third-order valence-corrected chi connectivity index (χ3v) is 4.00. The molecule has 2 rings (SSSR count). The molecule has 108 valence electrons. The van der Waals surface area contributed by atoms with E-state index in [2.05, 4.69) is 0 Å². The molecule has 6 heteroatoms. The Morgan fingerprint density at radius 1 is 1.50 bits per heavy atom. The van der Waals surface area contributed by atoms with E-state index >= 15 is 0 Å². The lowest BCUT2D eigenvalue weighted by molar-refractivity contribution is -0.148. The largest absolute Gasteiger partial charge is 0.481 e. The summed E-state index contributed by atoms with van der Waals surface area (Å²) in [4.78, 5) is 25.0. The zero-order chi connectivity index (χ0) is 14.9. The van der Waals surface area contributed by atoms with E-state index in [1.165, 1.54) is 17.0 Å². The van der Waals surface area contributed by atoms with Gasteiger partial charge in [-0.1, -0.05) is 6.92 Å². The zero-order valence-electron chi connectivity index (χ0n) is 11.2. The standard InChI is InChI=1S/C14H17FN2O3/c1-2-14(13(19)20)5-6-17(8-14)12(18)10-4-3-9(16)7-11(10)15/h3-4,7H,2,5-6,8,16H2,1H3,(H,19,20). The number of carboxylic acids is 1. The van der Waals surface area contributed by atoms with E-state index in [0.29, 0.717) is 19.4 Å². The third kappa shape index (κ3) is 2.33. The summed E-state index contributed by atoms with van der Waals surface area (Å²) in [6.07, 6.45) is 0.831. The summed E-state index contributed by atoms with van der Waals surface area (Å²) in [6.45, 7) is 2.22. The molecule has 0 aromatic heterocycles. The van der Waals surface area contributed by atoms with Crippen LogP contribution < -0.4 is 5.73 Å². The predicted molar refractivity (Wildman–Crippen MR) is 71.7 cm³/mol. The normalized spacial score (nSPS) is 22.0. The van der Waals surface area contributed by atoms with Crippen molar-refractivity contribution in [3.8, 4) is 0 Å². The Labute approximate surface area is 116 Å². The van der Waals surface area contributed by atoms with Gasteiger partial charge >= 0.3 is 5.97 Å². The number of carboxylic acid groups (broad SMARTS) is 1. The van der Waals surface area contributed by atoms with Gasteiger partial charge in [-0.2, -0.15) is 0 Å². The molecule has 1 heterocycles. The summed E-state index contributed by atoms with van der Waals surface area (Å²) < 4.78 is 13.7. The maximum atomic E-state index is 13.7. The average molecular weight is 280 g/mol. The van der Waals surface area contributed by atoms with Gasteiger partial charge in [0, 0.05) is 18.8 Å². The summed E-state index contributed by atoms with van der Waals surface area (Å²) in [5.74, 6) is -2.08. The van der Waals surface area contributed by atoms with Crippen molar-refractivity contribution >= 4 is 17.6 Å². The third-order valence-electron chi connectivity index (χ3n) is 4.00. The molecular weight excluding hydrogens is 263 g/mol. The van der Waals surface area contributed by atoms with Gasteiger partial charge in [0.15, 0.2) is 0 Å². The number of rotatable bonds is 3. The molecule has 1 saturated heterocycles. The first kappa shape index (κ1) is 14.3. The highest BCUT2D eigenvalue weighted by Gasteiger charge is 2.45. The fourth-order valence-corrected chi connectivity index (χ4v) is 2.54. The Bertz CT molecular complexity index is 561. The van der Waals surface area contributed by atoms with Crippen molar-refractivity contribution in [3.05, 3.63) is 29.6 Å².